The van der Waals surface area contributed by atoms with E-state index < -0.39 is 0 Å². The van der Waals surface area contributed by atoms with Crippen LogP contribution in [0.25, 0.3) is 10.8 Å². The van der Waals surface area contributed by atoms with Crippen LogP contribution >= 0.6 is 0 Å². The SMILES string of the molecule is CC1CCN(C(=O)c2cnc(N)c3ccccc23)C1CO. The number of nitrogens with zero attached hydrogens (tertiary/aromatic N) is 2. The number of aliphatic hydroxyl groups is 1. The van der Waals surface area contributed by atoms with Gasteiger partial charge in [0.25, 0.3) is 5.91 Å². The van der Waals surface area contributed by atoms with Gasteiger partial charge in [-0.1, -0.05) is 31.2 Å². The molecule has 1 saturated heterocycles. The van der Waals surface area contributed by atoms with Crippen molar-refractivity contribution < 1.29 is 9.90 Å². The number of hydrogen-bond donors (Lipinski definition) is 2. The highest BCUT2D eigenvalue weighted by Gasteiger charge is 2.34. The summed E-state index contributed by atoms with van der Waals surface area (Å²) in [7, 11) is 0. The molecule has 1 amide bonds. The standard InChI is InChI=1S/C16H19N3O2/c1-10-6-7-19(14(10)9-20)16(21)13-8-18-15(17)12-5-3-2-4-11(12)13/h2-5,8,10,14,20H,6-7,9H2,1H3,(H2,17,18). The first-order valence-corrected chi connectivity index (χ1v) is 7.18. The minimum absolute atomic E-state index is 0.00671. The van der Waals surface area contributed by atoms with Gasteiger partial charge in [0.2, 0.25) is 0 Å². The topological polar surface area (TPSA) is 79.5 Å². The summed E-state index contributed by atoms with van der Waals surface area (Å²) in [5, 5.41) is 11.1. The number of nitrogens with two attached hydrogens (primary N) is 1. The number of amides is 1. The molecule has 21 heavy (non-hydrogen) atoms. The minimum atomic E-state index is -0.117. The van der Waals surface area contributed by atoms with Crippen LogP contribution in [0.15, 0.2) is 30.5 Å². The van der Waals surface area contributed by atoms with Crippen molar-refractivity contribution in [1.82, 2.24) is 9.88 Å². The number of likely N-dealkylation sites (tertiary alicyclic amines) is 1. The highest BCUT2D eigenvalue weighted by atomic mass is 16.3. The van der Waals surface area contributed by atoms with E-state index in [-0.39, 0.29) is 18.6 Å². The van der Waals surface area contributed by atoms with Gasteiger partial charge in [-0.15, -0.1) is 0 Å². The number of aliphatic hydroxyl groups excluding tert-OH is 1. The van der Waals surface area contributed by atoms with Crippen molar-refractivity contribution in [2.45, 2.75) is 19.4 Å². The van der Waals surface area contributed by atoms with Crippen LogP contribution in [-0.2, 0) is 0 Å². The van der Waals surface area contributed by atoms with Crippen molar-refractivity contribution in [3.63, 3.8) is 0 Å². The van der Waals surface area contributed by atoms with Crippen molar-refractivity contribution in [1.29, 1.82) is 0 Å². The fraction of sp³-hybridized carbons (Fsp3) is 0.375. The van der Waals surface area contributed by atoms with Crippen LogP contribution in [-0.4, -0.2) is 40.1 Å². The lowest BCUT2D eigenvalue weighted by Crippen LogP contribution is -2.40. The monoisotopic (exact) mass is 285 g/mol. The van der Waals surface area contributed by atoms with Gasteiger partial charge in [0.05, 0.1) is 18.2 Å². The van der Waals surface area contributed by atoms with Crippen LogP contribution in [0.3, 0.4) is 0 Å². The van der Waals surface area contributed by atoms with Gasteiger partial charge in [0.1, 0.15) is 5.82 Å². The van der Waals surface area contributed by atoms with Gasteiger partial charge in [-0.2, -0.15) is 0 Å². The van der Waals surface area contributed by atoms with E-state index in [4.69, 9.17) is 5.73 Å². The molecule has 1 aliphatic heterocycles. The van der Waals surface area contributed by atoms with E-state index in [2.05, 4.69) is 11.9 Å². The molecule has 2 unspecified atom stereocenters. The van der Waals surface area contributed by atoms with Crippen molar-refractivity contribution in [3.8, 4) is 0 Å². The fourth-order valence-electron chi connectivity index (χ4n) is 3.08. The summed E-state index contributed by atoms with van der Waals surface area (Å²) in [6, 6.07) is 7.39. The predicted molar refractivity (Wildman–Crippen MR) is 81.8 cm³/mol. The average Bonchev–Trinajstić information content (AvgIpc) is 2.88. The Labute approximate surface area is 123 Å². The molecular weight excluding hydrogens is 266 g/mol. The Morgan fingerprint density at radius 3 is 2.86 bits per heavy atom. The smallest absolute Gasteiger partial charge is 0.256 e. The van der Waals surface area contributed by atoms with Crippen LogP contribution in [0, 0.1) is 5.92 Å². The Morgan fingerprint density at radius 2 is 2.14 bits per heavy atom. The Bertz CT molecular complexity index is 686. The van der Waals surface area contributed by atoms with Gasteiger partial charge in [-0.3, -0.25) is 4.79 Å². The van der Waals surface area contributed by atoms with Gasteiger partial charge < -0.3 is 15.7 Å². The van der Waals surface area contributed by atoms with Crippen LogP contribution in [0.1, 0.15) is 23.7 Å². The normalized spacial score (nSPS) is 21.9. The molecule has 3 rings (SSSR count). The largest absolute Gasteiger partial charge is 0.394 e. The first-order chi connectivity index (χ1) is 10.1. The number of rotatable bonds is 2. The first-order valence-electron chi connectivity index (χ1n) is 7.18. The maximum atomic E-state index is 12.8. The second-order valence-electron chi connectivity index (χ2n) is 5.62. The third-order valence-electron chi connectivity index (χ3n) is 4.39. The van der Waals surface area contributed by atoms with Crippen molar-refractivity contribution in [3.05, 3.63) is 36.0 Å². The molecule has 1 aromatic heterocycles. The maximum Gasteiger partial charge on any atom is 0.256 e. The lowest BCUT2D eigenvalue weighted by molar-refractivity contribution is 0.0650. The summed E-state index contributed by atoms with van der Waals surface area (Å²) in [4.78, 5) is 18.7. The van der Waals surface area contributed by atoms with Gasteiger partial charge >= 0.3 is 0 Å². The zero-order valence-electron chi connectivity index (χ0n) is 12.0. The molecule has 110 valence electrons. The number of aromatic nitrogens is 1. The molecule has 5 nitrogen and oxygen atoms in total. The summed E-state index contributed by atoms with van der Waals surface area (Å²) >= 11 is 0. The van der Waals surface area contributed by atoms with Gasteiger partial charge in [0, 0.05) is 18.1 Å². The van der Waals surface area contributed by atoms with E-state index in [1.54, 1.807) is 4.90 Å². The van der Waals surface area contributed by atoms with Crippen LogP contribution in [0.4, 0.5) is 5.82 Å². The number of anilines is 1. The number of carbonyl (C=O) groups is 1. The van der Waals surface area contributed by atoms with Gasteiger partial charge in [-0.25, -0.2) is 4.98 Å². The lowest BCUT2D eigenvalue weighted by atomic mass is 10.0. The number of carbonyl (C=O) groups excluding carboxylic acids is 1. The minimum Gasteiger partial charge on any atom is -0.394 e. The second-order valence-corrected chi connectivity index (χ2v) is 5.62. The molecule has 3 N–H and O–H groups in total. The number of nitrogen functional groups attached to an aromatic ring is 1. The molecule has 2 heterocycles. The summed E-state index contributed by atoms with van der Waals surface area (Å²) in [5.74, 6) is 0.657. The average molecular weight is 285 g/mol. The third kappa shape index (κ3) is 2.23. The number of hydrogen-bond acceptors (Lipinski definition) is 4. The first kappa shape index (κ1) is 13.8. The van der Waals surface area contributed by atoms with Crippen molar-refractivity contribution in [2.75, 3.05) is 18.9 Å². The second kappa shape index (κ2) is 5.33. The summed E-state index contributed by atoms with van der Waals surface area (Å²) < 4.78 is 0. The zero-order valence-corrected chi connectivity index (χ0v) is 12.0. The van der Waals surface area contributed by atoms with E-state index in [0.29, 0.717) is 23.8 Å². The Morgan fingerprint density at radius 1 is 1.43 bits per heavy atom. The van der Waals surface area contributed by atoms with Gasteiger partial charge in [-0.05, 0) is 17.7 Å². The molecule has 0 saturated carbocycles. The Hall–Kier alpha value is -2.14. The third-order valence-corrected chi connectivity index (χ3v) is 4.39. The predicted octanol–water partition coefficient (Wildman–Crippen LogP) is 1.66. The maximum absolute atomic E-state index is 12.8. The molecule has 0 radical (unpaired) electrons. The number of benzene rings is 1. The Balaban J connectivity index is 2.05. The summed E-state index contributed by atoms with van der Waals surface area (Å²) in [5.41, 5.74) is 6.43. The molecule has 5 heteroatoms. The van der Waals surface area contributed by atoms with Crippen LogP contribution < -0.4 is 5.73 Å². The molecule has 1 fully saturated rings. The molecule has 2 aromatic rings. The molecule has 0 spiro atoms. The summed E-state index contributed by atoms with van der Waals surface area (Å²) in [6.45, 7) is 2.73. The van der Waals surface area contributed by atoms with E-state index in [1.807, 2.05) is 24.3 Å². The molecule has 0 aliphatic carbocycles. The van der Waals surface area contributed by atoms with E-state index in [0.717, 1.165) is 17.2 Å². The van der Waals surface area contributed by atoms with Crippen LogP contribution in [0.2, 0.25) is 0 Å². The quantitative estimate of drug-likeness (QED) is 0.879. The van der Waals surface area contributed by atoms with Crippen molar-refractivity contribution >= 4 is 22.5 Å². The highest BCUT2D eigenvalue weighted by Crippen LogP contribution is 2.28. The van der Waals surface area contributed by atoms with E-state index >= 15 is 0 Å². The fourth-order valence-corrected chi connectivity index (χ4v) is 3.08. The highest BCUT2D eigenvalue weighted by molar-refractivity contribution is 6.09. The van der Waals surface area contributed by atoms with E-state index in [9.17, 15) is 9.90 Å². The van der Waals surface area contributed by atoms with Crippen molar-refractivity contribution in [2.24, 2.45) is 5.92 Å². The van der Waals surface area contributed by atoms with E-state index in [1.165, 1.54) is 6.20 Å². The molecule has 2 atom stereocenters. The molecular formula is C16H19N3O2. The molecule has 0 bridgehead atoms. The van der Waals surface area contributed by atoms with Gasteiger partial charge in [0.15, 0.2) is 0 Å². The Kier molecular flexibility index (Phi) is 3.51. The lowest BCUT2D eigenvalue weighted by Gasteiger charge is -2.25. The molecule has 1 aromatic carbocycles. The molecule has 1 aliphatic rings. The number of fused-ring (bicyclic) bond motifs is 1. The zero-order chi connectivity index (χ0) is 15.0. The number of pyridine rings is 1. The summed E-state index contributed by atoms with van der Waals surface area (Å²) in [6.07, 6.45) is 2.45. The van der Waals surface area contributed by atoms with Crippen LogP contribution in [0.5, 0.6) is 0 Å².